The van der Waals surface area contributed by atoms with Crippen molar-refractivity contribution in [2.45, 2.75) is 32.2 Å². The van der Waals surface area contributed by atoms with Crippen LogP contribution in [0.5, 0.6) is 0 Å². The summed E-state index contributed by atoms with van der Waals surface area (Å²) in [5, 5.41) is 4.41. The highest BCUT2D eigenvalue weighted by atomic mass is 35.5. The molecular formula is C14H22ClNS. The van der Waals surface area contributed by atoms with Crippen LogP contribution in [0.3, 0.4) is 0 Å². The topological polar surface area (TPSA) is 12.0 Å². The molecule has 0 aliphatic carbocycles. The Morgan fingerprint density at radius 3 is 2.59 bits per heavy atom. The summed E-state index contributed by atoms with van der Waals surface area (Å²) in [6.07, 6.45) is 3.32. The standard InChI is InChI=1S/C14H22ClNS/c1-11(2)16-10-12(8-9-17-3)13-6-4-5-7-14(13)15/h4-7,11-12,16H,8-10H2,1-3H3. The predicted molar refractivity (Wildman–Crippen MR) is 80.3 cm³/mol. The molecule has 1 N–H and O–H groups in total. The summed E-state index contributed by atoms with van der Waals surface area (Å²) in [6.45, 7) is 5.36. The maximum absolute atomic E-state index is 6.28. The minimum absolute atomic E-state index is 0.513. The zero-order valence-corrected chi connectivity index (χ0v) is 12.4. The van der Waals surface area contributed by atoms with Gasteiger partial charge in [-0.05, 0) is 36.0 Å². The highest BCUT2D eigenvalue weighted by Crippen LogP contribution is 2.27. The van der Waals surface area contributed by atoms with Crippen LogP contribution < -0.4 is 5.32 Å². The molecule has 96 valence electrons. The van der Waals surface area contributed by atoms with Crippen molar-refractivity contribution < 1.29 is 0 Å². The van der Waals surface area contributed by atoms with Crippen molar-refractivity contribution in [2.24, 2.45) is 0 Å². The third-order valence-corrected chi connectivity index (χ3v) is 3.78. The van der Waals surface area contributed by atoms with Gasteiger partial charge in [0.1, 0.15) is 0 Å². The number of hydrogen-bond acceptors (Lipinski definition) is 2. The van der Waals surface area contributed by atoms with Crippen molar-refractivity contribution in [3.8, 4) is 0 Å². The normalized spacial score (nSPS) is 13.0. The lowest BCUT2D eigenvalue weighted by atomic mass is 9.96. The molecule has 0 saturated heterocycles. The van der Waals surface area contributed by atoms with Gasteiger partial charge < -0.3 is 5.32 Å². The molecule has 1 rings (SSSR count). The van der Waals surface area contributed by atoms with Gasteiger partial charge in [-0.25, -0.2) is 0 Å². The van der Waals surface area contributed by atoms with Crippen LogP contribution in [-0.4, -0.2) is 24.6 Å². The van der Waals surface area contributed by atoms with Gasteiger partial charge in [0.2, 0.25) is 0 Å². The van der Waals surface area contributed by atoms with E-state index in [1.165, 1.54) is 17.7 Å². The highest BCUT2D eigenvalue weighted by Gasteiger charge is 2.14. The molecule has 0 bridgehead atoms. The van der Waals surface area contributed by atoms with Crippen LogP contribution >= 0.6 is 23.4 Å². The Balaban J connectivity index is 2.71. The minimum Gasteiger partial charge on any atom is -0.314 e. The summed E-state index contributed by atoms with van der Waals surface area (Å²) in [6, 6.07) is 8.72. The SMILES string of the molecule is CSCCC(CNC(C)C)c1ccccc1Cl. The van der Waals surface area contributed by atoms with E-state index >= 15 is 0 Å². The van der Waals surface area contributed by atoms with Gasteiger partial charge in [0.25, 0.3) is 0 Å². The van der Waals surface area contributed by atoms with Gasteiger partial charge in [0.15, 0.2) is 0 Å². The largest absolute Gasteiger partial charge is 0.314 e. The van der Waals surface area contributed by atoms with Gasteiger partial charge in [0, 0.05) is 17.6 Å². The molecule has 1 unspecified atom stereocenters. The lowest BCUT2D eigenvalue weighted by Crippen LogP contribution is -2.28. The predicted octanol–water partition coefficient (Wildman–Crippen LogP) is 4.17. The number of rotatable bonds is 7. The third kappa shape index (κ3) is 5.33. The number of hydrogen-bond donors (Lipinski definition) is 1. The van der Waals surface area contributed by atoms with Crippen LogP contribution in [0.1, 0.15) is 31.7 Å². The Kier molecular flexibility index (Phi) is 7.02. The molecule has 1 aromatic rings. The van der Waals surface area contributed by atoms with Crippen LogP contribution in [0.15, 0.2) is 24.3 Å². The molecule has 0 aliphatic heterocycles. The molecule has 1 aromatic carbocycles. The van der Waals surface area contributed by atoms with E-state index in [-0.39, 0.29) is 0 Å². The van der Waals surface area contributed by atoms with E-state index < -0.39 is 0 Å². The maximum Gasteiger partial charge on any atom is 0.0441 e. The average Bonchev–Trinajstić information content (AvgIpc) is 2.30. The summed E-state index contributed by atoms with van der Waals surface area (Å²) >= 11 is 8.17. The molecule has 0 saturated carbocycles. The highest BCUT2D eigenvalue weighted by molar-refractivity contribution is 7.98. The van der Waals surface area contributed by atoms with Crippen molar-refractivity contribution >= 4 is 23.4 Å². The second-order valence-electron chi connectivity index (χ2n) is 4.56. The first kappa shape index (κ1) is 14.9. The van der Waals surface area contributed by atoms with E-state index in [0.29, 0.717) is 12.0 Å². The Morgan fingerprint density at radius 2 is 2.00 bits per heavy atom. The van der Waals surface area contributed by atoms with Crippen LogP contribution in [0, 0.1) is 0 Å². The van der Waals surface area contributed by atoms with E-state index in [1.807, 2.05) is 23.9 Å². The fraction of sp³-hybridized carbons (Fsp3) is 0.571. The van der Waals surface area contributed by atoms with Crippen molar-refractivity contribution in [2.75, 3.05) is 18.6 Å². The van der Waals surface area contributed by atoms with Gasteiger partial charge >= 0.3 is 0 Å². The molecule has 0 aromatic heterocycles. The monoisotopic (exact) mass is 271 g/mol. The van der Waals surface area contributed by atoms with Crippen molar-refractivity contribution in [1.29, 1.82) is 0 Å². The van der Waals surface area contributed by atoms with Crippen molar-refractivity contribution in [3.63, 3.8) is 0 Å². The number of halogens is 1. The van der Waals surface area contributed by atoms with E-state index in [1.54, 1.807) is 0 Å². The molecular weight excluding hydrogens is 250 g/mol. The Hall–Kier alpha value is -0.180. The van der Waals surface area contributed by atoms with Gasteiger partial charge in [0.05, 0.1) is 0 Å². The second kappa shape index (κ2) is 8.02. The van der Waals surface area contributed by atoms with Gasteiger partial charge in [-0.1, -0.05) is 43.6 Å². The van der Waals surface area contributed by atoms with Gasteiger partial charge in [-0.15, -0.1) is 0 Å². The van der Waals surface area contributed by atoms with Crippen LogP contribution in [0.25, 0.3) is 0 Å². The fourth-order valence-corrected chi connectivity index (χ4v) is 2.62. The number of benzene rings is 1. The van der Waals surface area contributed by atoms with Crippen LogP contribution in [0.4, 0.5) is 0 Å². The molecule has 1 nitrogen and oxygen atoms in total. The van der Waals surface area contributed by atoms with E-state index in [0.717, 1.165) is 11.6 Å². The molecule has 0 radical (unpaired) electrons. The Bertz CT molecular complexity index is 328. The van der Waals surface area contributed by atoms with Crippen LogP contribution in [-0.2, 0) is 0 Å². The molecule has 0 spiro atoms. The first-order valence-electron chi connectivity index (χ1n) is 6.12. The van der Waals surface area contributed by atoms with Crippen molar-refractivity contribution in [1.82, 2.24) is 5.32 Å². The molecule has 3 heteroatoms. The molecule has 1 atom stereocenters. The first-order chi connectivity index (χ1) is 8.15. The maximum atomic E-state index is 6.28. The lowest BCUT2D eigenvalue weighted by molar-refractivity contribution is 0.522. The summed E-state index contributed by atoms with van der Waals surface area (Å²) in [7, 11) is 0. The quantitative estimate of drug-likeness (QED) is 0.799. The molecule has 0 heterocycles. The lowest BCUT2D eigenvalue weighted by Gasteiger charge is -2.20. The zero-order chi connectivity index (χ0) is 12.7. The Morgan fingerprint density at radius 1 is 1.29 bits per heavy atom. The van der Waals surface area contributed by atoms with Gasteiger partial charge in [-0.3, -0.25) is 0 Å². The average molecular weight is 272 g/mol. The minimum atomic E-state index is 0.513. The fourth-order valence-electron chi connectivity index (χ4n) is 1.81. The van der Waals surface area contributed by atoms with Crippen LogP contribution in [0.2, 0.25) is 5.02 Å². The summed E-state index contributed by atoms with van der Waals surface area (Å²) in [5.41, 5.74) is 1.27. The number of thioether (sulfide) groups is 1. The summed E-state index contributed by atoms with van der Waals surface area (Å²) in [4.78, 5) is 0. The Labute approximate surface area is 114 Å². The second-order valence-corrected chi connectivity index (χ2v) is 5.96. The molecule has 0 aliphatic rings. The van der Waals surface area contributed by atoms with E-state index in [2.05, 4.69) is 37.6 Å². The molecule has 0 amide bonds. The smallest absolute Gasteiger partial charge is 0.0441 e. The van der Waals surface area contributed by atoms with E-state index in [4.69, 9.17) is 11.6 Å². The molecule has 0 fully saturated rings. The molecule has 17 heavy (non-hydrogen) atoms. The summed E-state index contributed by atoms with van der Waals surface area (Å²) < 4.78 is 0. The van der Waals surface area contributed by atoms with Crippen molar-refractivity contribution in [3.05, 3.63) is 34.9 Å². The zero-order valence-electron chi connectivity index (χ0n) is 10.9. The number of nitrogens with one attached hydrogen (secondary N) is 1. The first-order valence-corrected chi connectivity index (χ1v) is 7.89. The van der Waals surface area contributed by atoms with E-state index in [9.17, 15) is 0 Å². The van der Waals surface area contributed by atoms with Gasteiger partial charge in [-0.2, -0.15) is 11.8 Å². The third-order valence-electron chi connectivity index (χ3n) is 2.79. The summed E-state index contributed by atoms with van der Waals surface area (Å²) in [5.74, 6) is 1.69.